The van der Waals surface area contributed by atoms with Crippen LogP contribution in [-0.4, -0.2) is 35.8 Å². The number of hydrogen-bond acceptors (Lipinski definition) is 4. The third-order valence-electron chi connectivity index (χ3n) is 3.25. The Kier molecular flexibility index (Phi) is 4.40. The molecule has 1 fully saturated rings. The van der Waals surface area contributed by atoms with Gasteiger partial charge in [-0.05, 0) is 18.2 Å². The summed E-state index contributed by atoms with van der Waals surface area (Å²) in [7, 11) is 0. The van der Waals surface area contributed by atoms with Crippen LogP contribution in [0.5, 0.6) is 0 Å². The molecule has 104 valence electrons. The van der Waals surface area contributed by atoms with Gasteiger partial charge in [0.05, 0.1) is 18.9 Å². The van der Waals surface area contributed by atoms with Crippen molar-refractivity contribution >= 4 is 15.9 Å². The quantitative estimate of drug-likeness (QED) is 0.937. The van der Waals surface area contributed by atoms with Gasteiger partial charge in [-0.25, -0.2) is 9.97 Å². The third kappa shape index (κ3) is 3.42. The maximum Gasteiger partial charge on any atom is 0.130 e. The molecule has 1 aromatic heterocycles. The number of halogens is 1. The highest BCUT2D eigenvalue weighted by molar-refractivity contribution is 9.10. The maximum absolute atomic E-state index is 5.46. The topological polar surface area (TPSA) is 47.0 Å². The molecule has 3 rings (SSSR count). The molecule has 2 heterocycles. The van der Waals surface area contributed by atoms with Crippen LogP contribution in [0.3, 0.4) is 0 Å². The van der Waals surface area contributed by atoms with Crippen molar-refractivity contribution in [1.82, 2.24) is 15.3 Å². The monoisotopic (exact) mass is 333 g/mol. The van der Waals surface area contributed by atoms with Crippen LogP contribution in [0.15, 0.2) is 41.0 Å². The van der Waals surface area contributed by atoms with Gasteiger partial charge in [-0.3, -0.25) is 0 Å². The summed E-state index contributed by atoms with van der Waals surface area (Å²) < 4.78 is 6.51. The Labute approximate surface area is 126 Å². The molecule has 0 bridgehead atoms. The number of aromatic nitrogens is 2. The lowest BCUT2D eigenvalue weighted by Gasteiger charge is -2.23. The van der Waals surface area contributed by atoms with E-state index in [9.17, 15) is 0 Å². The van der Waals surface area contributed by atoms with Crippen molar-refractivity contribution in [1.29, 1.82) is 0 Å². The van der Waals surface area contributed by atoms with Gasteiger partial charge >= 0.3 is 0 Å². The molecule has 5 heteroatoms. The minimum atomic E-state index is 0.307. The largest absolute Gasteiger partial charge is 0.379 e. The molecule has 1 aliphatic heterocycles. The molecule has 0 amide bonds. The van der Waals surface area contributed by atoms with E-state index in [4.69, 9.17) is 4.74 Å². The predicted octanol–water partition coefficient (Wildman–Crippen LogP) is 2.44. The summed E-state index contributed by atoms with van der Waals surface area (Å²) in [5, 5.41) is 3.42. The lowest BCUT2D eigenvalue weighted by Crippen LogP contribution is -2.42. The van der Waals surface area contributed by atoms with Gasteiger partial charge in [0.25, 0.3) is 0 Å². The fourth-order valence-electron chi connectivity index (χ4n) is 2.28. The minimum absolute atomic E-state index is 0.307. The molecule has 1 aromatic carbocycles. The van der Waals surface area contributed by atoms with E-state index in [-0.39, 0.29) is 0 Å². The van der Waals surface area contributed by atoms with E-state index >= 15 is 0 Å². The van der Waals surface area contributed by atoms with Gasteiger partial charge < -0.3 is 10.1 Å². The molecule has 1 saturated heterocycles. The highest BCUT2D eigenvalue weighted by Crippen LogP contribution is 2.21. The van der Waals surface area contributed by atoms with E-state index in [1.165, 1.54) is 0 Å². The fourth-order valence-corrected chi connectivity index (χ4v) is 2.68. The minimum Gasteiger partial charge on any atom is -0.379 e. The highest BCUT2D eigenvalue weighted by atomic mass is 79.9. The van der Waals surface area contributed by atoms with Gasteiger partial charge in [-0.15, -0.1) is 0 Å². The van der Waals surface area contributed by atoms with Crippen LogP contribution in [0.1, 0.15) is 5.82 Å². The molecule has 1 atom stereocenters. The van der Waals surface area contributed by atoms with Gasteiger partial charge in [-0.1, -0.05) is 28.1 Å². The van der Waals surface area contributed by atoms with E-state index in [1.807, 2.05) is 24.4 Å². The first kappa shape index (κ1) is 13.7. The molecule has 4 nitrogen and oxygen atoms in total. The van der Waals surface area contributed by atoms with Gasteiger partial charge in [-0.2, -0.15) is 0 Å². The smallest absolute Gasteiger partial charge is 0.130 e. The lowest BCUT2D eigenvalue weighted by atomic mass is 10.1. The number of ether oxygens (including phenoxy) is 1. The van der Waals surface area contributed by atoms with Crippen LogP contribution < -0.4 is 5.32 Å². The molecule has 1 aliphatic rings. The number of benzene rings is 1. The van der Waals surface area contributed by atoms with Crippen LogP contribution >= 0.6 is 15.9 Å². The number of morpholine rings is 1. The molecule has 1 unspecified atom stereocenters. The Bertz CT molecular complexity index is 585. The predicted molar refractivity (Wildman–Crippen MR) is 81.5 cm³/mol. The average molecular weight is 334 g/mol. The van der Waals surface area contributed by atoms with Gasteiger partial charge in [0.1, 0.15) is 5.82 Å². The Morgan fingerprint density at radius 3 is 3.10 bits per heavy atom. The lowest BCUT2D eigenvalue weighted by molar-refractivity contribution is 0.0764. The van der Waals surface area contributed by atoms with Crippen molar-refractivity contribution in [3.8, 4) is 11.3 Å². The number of hydrogen-bond donors (Lipinski definition) is 1. The van der Waals surface area contributed by atoms with E-state index < -0.39 is 0 Å². The first-order valence-corrected chi connectivity index (χ1v) is 7.49. The van der Waals surface area contributed by atoms with E-state index in [1.54, 1.807) is 0 Å². The molecule has 0 spiro atoms. The molecule has 0 aliphatic carbocycles. The van der Waals surface area contributed by atoms with Gasteiger partial charge in [0.2, 0.25) is 0 Å². The second-order valence-corrected chi connectivity index (χ2v) is 5.71. The van der Waals surface area contributed by atoms with Crippen molar-refractivity contribution in [2.24, 2.45) is 0 Å². The second-order valence-electron chi connectivity index (χ2n) is 4.80. The zero-order chi connectivity index (χ0) is 13.8. The first-order valence-electron chi connectivity index (χ1n) is 6.70. The SMILES string of the molecule is Brc1cccc(-c2ccnc(CC3COCCN3)n2)c1. The van der Waals surface area contributed by atoms with E-state index in [0.29, 0.717) is 6.04 Å². The summed E-state index contributed by atoms with van der Waals surface area (Å²) >= 11 is 3.49. The van der Waals surface area contributed by atoms with Crippen LogP contribution in [0.2, 0.25) is 0 Å². The summed E-state index contributed by atoms with van der Waals surface area (Å²) in [6.07, 6.45) is 2.62. The Hall–Kier alpha value is -1.30. The third-order valence-corrected chi connectivity index (χ3v) is 3.75. The van der Waals surface area contributed by atoms with Crippen LogP contribution in [-0.2, 0) is 11.2 Å². The standard InChI is InChI=1S/C15H16BrN3O/c16-12-3-1-2-11(8-12)14-4-5-18-15(19-14)9-13-10-20-7-6-17-13/h1-5,8,13,17H,6-7,9-10H2. The molecule has 0 saturated carbocycles. The zero-order valence-electron chi connectivity index (χ0n) is 11.1. The van der Waals surface area contributed by atoms with Gasteiger partial charge in [0, 0.05) is 35.2 Å². The highest BCUT2D eigenvalue weighted by Gasteiger charge is 2.15. The van der Waals surface area contributed by atoms with Crippen molar-refractivity contribution in [3.63, 3.8) is 0 Å². The molecule has 1 N–H and O–H groups in total. The van der Waals surface area contributed by atoms with Gasteiger partial charge in [0.15, 0.2) is 0 Å². The fraction of sp³-hybridized carbons (Fsp3) is 0.333. The first-order chi connectivity index (χ1) is 9.81. The summed E-state index contributed by atoms with van der Waals surface area (Å²) in [5.74, 6) is 0.852. The summed E-state index contributed by atoms with van der Waals surface area (Å²) in [4.78, 5) is 9.01. The van der Waals surface area contributed by atoms with Crippen molar-refractivity contribution < 1.29 is 4.74 Å². The van der Waals surface area contributed by atoms with Crippen molar-refractivity contribution in [2.45, 2.75) is 12.5 Å². The van der Waals surface area contributed by atoms with Crippen molar-refractivity contribution in [2.75, 3.05) is 19.8 Å². The number of nitrogens with zero attached hydrogens (tertiary/aromatic N) is 2. The summed E-state index contributed by atoms with van der Waals surface area (Å²) in [6, 6.07) is 10.4. The maximum atomic E-state index is 5.46. The van der Waals surface area contributed by atoms with Crippen LogP contribution in [0.4, 0.5) is 0 Å². The van der Waals surface area contributed by atoms with Crippen LogP contribution in [0, 0.1) is 0 Å². The normalized spacial score (nSPS) is 18.9. The zero-order valence-corrected chi connectivity index (χ0v) is 12.6. The Morgan fingerprint density at radius 1 is 1.35 bits per heavy atom. The summed E-state index contributed by atoms with van der Waals surface area (Å²) in [5.41, 5.74) is 2.05. The Balaban J connectivity index is 1.78. The average Bonchev–Trinajstić information content (AvgIpc) is 2.49. The number of nitrogens with one attached hydrogen (secondary N) is 1. The van der Waals surface area contributed by atoms with Crippen LogP contribution in [0.25, 0.3) is 11.3 Å². The van der Waals surface area contributed by atoms with Crippen molar-refractivity contribution in [3.05, 3.63) is 46.8 Å². The molecular formula is C15H16BrN3O. The molecule has 20 heavy (non-hydrogen) atoms. The molecule has 0 radical (unpaired) electrons. The molecular weight excluding hydrogens is 318 g/mol. The number of rotatable bonds is 3. The molecule has 2 aromatic rings. The van der Waals surface area contributed by atoms with E-state index in [0.717, 1.165) is 47.7 Å². The Morgan fingerprint density at radius 2 is 2.30 bits per heavy atom. The second kappa shape index (κ2) is 6.43. The summed E-state index contributed by atoms with van der Waals surface area (Å²) in [6.45, 7) is 2.41. The van der Waals surface area contributed by atoms with E-state index in [2.05, 4.69) is 43.3 Å².